The first-order chi connectivity index (χ1) is 8.22. The highest BCUT2D eigenvalue weighted by atomic mass is 16.3. The molecule has 0 fully saturated rings. The van der Waals surface area contributed by atoms with E-state index in [9.17, 15) is 0 Å². The molecule has 17 heavy (non-hydrogen) atoms. The Labute approximate surface area is 102 Å². The normalized spacial score (nSPS) is 10.5. The van der Waals surface area contributed by atoms with E-state index in [-0.39, 0.29) is 6.61 Å². The number of anilines is 1. The number of benzene rings is 1. The van der Waals surface area contributed by atoms with E-state index in [0.717, 1.165) is 5.69 Å². The first-order valence-electron chi connectivity index (χ1n) is 5.81. The summed E-state index contributed by atoms with van der Waals surface area (Å²) < 4.78 is 2.12. The molecule has 0 radical (unpaired) electrons. The van der Waals surface area contributed by atoms with Crippen LogP contribution in [0.5, 0.6) is 0 Å². The molecule has 0 atom stereocenters. The molecule has 2 N–H and O–H groups in total. The molecule has 0 saturated carbocycles. The van der Waals surface area contributed by atoms with Gasteiger partial charge in [0.2, 0.25) is 0 Å². The van der Waals surface area contributed by atoms with Crippen LogP contribution in [-0.4, -0.2) is 22.8 Å². The van der Waals surface area contributed by atoms with Crippen molar-refractivity contribution in [1.29, 1.82) is 0 Å². The number of para-hydroxylation sites is 1. The summed E-state index contributed by atoms with van der Waals surface area (Å²) in [4.78, 5) is 0. The Kier molecular flexibility index (Phi) is 3.49. The number of nitrogens with zero attached hydrogens (tertiary/aromatic N) is 1. The molecule has 0 bridgehead atoms. The molecule has 0 saturated heterocycles. The molecular formula is C14H18N2O. The number of aliphatic hydroxyl groups excluding tert-OH is 1. The fraction of sp³-hybridized carbons (Fsp3) is 0.286. The molecule has 1 heterocycles. The van der Waals surface area contributed by atoms with Gasteiger partial charge < -0.3 is 15.0 Å². The molecule has 1 aromatic heterocycles. The molecule has 1 aromatic carbocycles. The van der Waals surface area contributed by atoms with Gasteiger partial charge in [0.25, 0.3) is 0 Å². The van der Waals surface area contributed by atoms with Crippen LogP contribution in [-0.2, 0) is 0 Å². The second-order valence-corrected chi connectivity index (χ2v) is 4.20. The fourth-order valence-electron chi connectivity index (χ4n) is 2.05. The zero-order chi connectivity index (χ0) is 12.3. The average molecular weight is 230 g/mol. The molecule has 3 nitrogen and oxygen atoms in total. The minimum atomic E-state index is 0.147. The lowest BCUT2D eigenvalue weighted by Crippen LogP contribution is -2.04. The van der Waals surface area contributed by atoms with Crippen molar-refractivity contribution in [2.24, 2.45) is 0 Å². The average Bonchev–Trinajstić information content (AvgIpc) is 2.75. The molecular weight excluding hydrogens is 212 g/mol. The fourth-order valence-corrected chi connectivity index (χ4v) is 2.05. The minimum absolute atomic E-state index is 0.147. The molecule has 0 amide bonds. The van der Waals surface area contributed by atoms with E-state index in [2.05, 4.69) is 41.9 Å². The molecule has 0 spiro atoms. The maximum absolute atomic E-state index is 8.77. The topological polar surface area (TPSA) is 37.2 Å². The van der Waals surface area contributed by atoms with Crippen molar-refractivity contribution in [3.05, 3.63) is 47.8 Å². The van der Waals surface area contributed by atoms with Gasteiger partial charge in [-0.3, -0.25) is 0 Å². The van der Waals surface area contributed by atoms with E-state index in [1.54, 1.807) is 0 Å². The Bertz CT molecular complexity index is 482. The number of aromatic nitrogens is 1. The first-order valence-corrected chi connectivity index (χ1v) is 5.81. The standard InChI is InChI=1S/C14H18N2O/c1-11-4-3-5-12(2)14(11)16-8-6-13(10-16)15-7-9-17/h3-6,8,10,15,17H,7,9H2,1-2H3. The van der Waals surface area contributed by atoms with Crippen LogP contribution < -0.4 is 5.32 Å². The molecule has 2 rings (SSSR count). The number of nitrogens with one attached hydrogen (secondary N) is 1. The van der Waals surface area contributed by atoms with Gasteiger partial charge in [0, 0.05) is 18.9 Å². The lowest BCUT2D eigenvalue weighted by molar-refractivity contribution is 0.311. The van der Waals surface area contributed by atoms with Gasteiger partial charge in [0.05, 0.1) is 18.0 Å². The van der Waals surface area contributed by atoms with Crippen molar-refractivity contribution in [2.45, 2.75) is 13.8 Å². The summed E-state index contributed by atoms with van der Waals surface area (Å²) in [5.41, 5.74) is 4.77. The Hall–Kier alpha value is -1.74. The molecule has 0 aliphatic rings. The summed E-state index contributed by atoms with van der Waals surface area (Å²) in [6, 6.07) is 8.32. The van der Waals surface area contributed by atoms with Gasteiger partial charge in [-0.05, 0) is 31.0 Å². The van der Waals surface area contributed by atoms with Crippen LogP contribution >= 0.6 is 0 Å². The summed E-state index contributed by atoms with van der Waals surface area (Å²) in [5, 5.41) is 11.9. The minimum Gasteiger partial charge on any atom is -0.395 e. The van der Waals surface area contributed by atoms with Gasteiger partial charge in [-0.25, -0.2) is 0 Å². The van der Waals surface area contributed by atoms with Crippen LogP contribution in [0.25, 0.3) is 5.69 Å². The molecule has 0 unspecified atom stereocenters. The van der Waals surface area contributed by atoms with Crippen molar-refractivity contribution in [3.63, 3.8) is 0 Å². The van der Waals surface area contributed by atoms with Gasteiger partial charge in [0.1, 0.15) is 0 Å². The second kappa shape index (κ2) is 5.06. The molecule has 2 aromatic rings. The number of hydrogen-bond donors (Lipinski definition) is 2. The highest BCUT2D eigenvalue weighted by Crippen LogP contribution is 2.21. The van der Waals surface area contributed by atoms with Crippen LogP contribution in [0.2, 0.25) is 0 Å². The van der Waals surface area contributed by atoms with Gasteiger partial charge in [0.15, 0.2) is 0 Å². The van der Waals surface area contributed by atoms with Crippen molar-refractivity contribution in [2.75, 3.05) is 18.5 Å². The summed E-state index contributed by atoms with van der Waals surface area (Å²) in [6.45, 7) is 4.96. The third-order valence-corrected chi connectivity index (χ3v) is 2.83. The smallest absolute Gasteiger partial charge is 0.0604 e. The maximum atomic E-state index is 8.77. The largest absolute Gasteiger partial charge is 0.395 e. The summed E-state index contributed by atoms with van der Waals surface area (Å²) in [5.74, 6) is 0. The number of hydrogen-bond acceptors (Lipinski definition) is 2. The van der Waals surface area contributed by atoms with Gasteiger partial charge in [-0.15, -0.1) is 0 Å². The van der Waals surface area contributed by atoms with E-state index in [1.165, 1.54) is 16.8 Å². The third kappa shape index (κ3) is 2.50. The summed E-state index contributed by atoms with van der Waals surface area (Å²) in [7, 11) is 0. The third-order valence-electron chi connectivity index (χ3n) is 2.83. The number of rotatable bonds is 4. The summed E-state index contributed by atoms with van der Waals surface area (Å²) >= 11 is 0. The number of aliphatic hydroxyl groups is 1. The van der Waals surface area contributed by atoms with Crippen LogP contribution in [0.1, 0.15) is 11.1 Å². The monoisotopic (exact) mass is 230 g/mol. The van der Waals surface area contributed by atoms with Gasteiger partial charge in [-0.1, -0.05) is 18.2 Å². The van der Waals surface area contributed by atoms with E-state index >= 15 is 0 Å². The SMILES string of the molecule is Cc1cccc(C)c1-n1ccc(NCCO)c1. The Morgan fingerprint density at radius 3 is 2.53 bits per heavy atom. The van der Waals surface area contributed by atoms with Crippen molar-refractivity contribution in [3.8, 4) is 5.69 Å². The van der Waals surface area contributed by atoms with Crippen LogP contribution in [0.4, 0.5) is 5.69 Å². The lowest BCUT2D eigenvalue weighted by atomic mass is 10.1. The van der Waals surface area contributed by atoms with Crippen molar-refractivity contribution in [1.82, 2.24) is 4.57 Å². The molecule has 90 valence electrons. The van der Waals surface area contributed by atoms with Crippen LogP contribution in [0, 0.1) is 13.8 Å². The lowest BCUT2D eigenvalue weighted by Gasteiger charge is -2.10. The Morgan fingerprint density at radius 1 is 1.18 bits per heavy atom. The van der Waals surface area contributed by atoms with E-state index in [0.29, 0.717) is 6.54 Å². The predicted molar refractivity (Wildman–Crippen MR) is 70.8 cm³/mol. The first kappa shape index (κ1) is 11.7. The van der Waals surface area contributed by atoms with Crippen molar-refractivity contribution < 1.29 is 5.11 Å². The Balaban J connectivity index is 2.30. The Morgan fingerprint density at radius 2 is 1.88 bits per heavy atom. The predicted octanol–water partition coefficient (Wildman–Crippen LogP) is 2.50. The van der Waals surface area contributed by atoms with E-state index < -0.39 is 0 Å². The quantitative estimate of drug-likeness (QED) is 0.846. The highest BCUT2D eigenvalue weighted by Gasteiger charge is 2.04. The highest BCUT2D eigenvalue weighted by molar-refractivity contribution is 5.51. The van der Waals surface area contributed by atoms with Gasteiger partial charge in [-0.2, -0.15) is 0 Å². The number of aryl methyl sites for hydroxylation is 2. The zero-order valence-electron chi connectivity index (χ0n) is 10.3. The van der Waals surface area contributed by atoms with E-state index in [1.807, 2.05) is 18.5 Å². The maximum Gasteiger partial charge on any atom is 0.0604 e. The molecule has 0 aliphatic heterocycles. The van der Waals surface area contributed by atoms with Gasteiger partial charge >= 0.3 is 0 Å². The summed E-state index contributed by atoms with van der Waals surface area (Å²) in [6.07, 6.45) is 4.08. The molecule has 3 heteroatoms. The van der Waals surface area contributed by atoms with Crippen LogP contribution in [0.3, 0.4) is 0 Å². The van der Waals surface area contributed by atoms with Crippen LogP contribution in [0.15, 0.2) is 36.7 Å². The molecule has 0 aliphatic carbocycles. The van der Waals surface area contributed by atoms with Crippen molar-refractivity contribution >= 4 is 5.69 Å². The second-order valence-electron chi connectivity index (χ2n) is 4.20. The van der Waals surface area contributed by atoms with E-state index in [4.69, 9.17) is 5.11 Å². The zero-order valence-corrected chi connectivity index (χ0v) is 10.3.